The number of aromatic nitrogens is 2. The van der Waals surface area contributed by atoms with E-state index in [9.17, 15) is 18.5 Å². The standard InChI is InChI=1S/C15H14N4O5S.2ClH/c1-24-14-7-9(18-25(2,22)23)3-5-11(14)15-16-12-6-4-10(19(20)21)8-13(12)17-15;;/h3-8,18H,1-2H3,(H,16,17);2*1H. The Balaban J connectivity index is 0.00000182. The lowest BCUT2D eigenvalue weighted by Crippen LogP contribution is -2.09. The van der Waals surface area contributed by atoms with Gasteiger partial charge in [0.2, 0.25) is 10.0 Å². The Bertz CT molecular complexity index is 1090. The van der Waals surface area contributed by atoms with Gasteiger partial charge in [-0.25, -0.2) is 13.4 Å². The van der Waals surface area contributed by atoms with E-state index in [2.05, 4.69) is 14.7 Å². The second kappa shape index (κ2) is 8.42. The van der Waals surface area contributed by atoms with E-state index in [4.69, 9.17) is 4.74 Å². The number of sulfonamides is 1. The number of H-pyrrole nitrogens is 1. The van der Waals surface area contributed by atoms with Crippen LogP contribution in [0, 0.1) is 10.1 Å². The molecule has 12 heteroatoms. The van der Waals surface area contributed by atoms with Crippen molar-refractivity contribution in [1.29, 1.82) is 0 Å². The lowest BCUT2D eigenvalue weighted by Gasteiger charge is -2.09. The van der Waals surface area contributed by atoms with Crippen LogP contribution in [0.15, 0.2) is 36.4 Å². The van der Waals surface area contributed by atoms with E-state index in [1.165, 1.54) is 25.3 Å². The minimum absolute atomic E-state index is 0. The van der Waals surface area contributed by atoms with Gasteiger partial charge in [-0.05, 0) is 18.2 Å². The minimum Gasteiger partial charge on any atom is -0.496 e. The maximum Gasteiger partial charge on any atom is 0.271 e. The molecule has 0 spiro atoms. The number of rotatable bonds is 5. The van der Waals surface area contributed by atoms with E-state index < -0.39 is 14.9 Å². The first-order valence-corrected chi connectivity index (χ1v) is 8.96. The van der Waals surface area contributed by atoms with Crippen LogP contribution in [0.3, 0.4) is 0 Å². The number of hydrogen-bond acceptors (Lipinski definition) is 6. The van der Waals surface area contributed by atoms with Gasteiger partial charge in [-0.1, -0.05) is 0 Å². The molecular weight excluding hydrogens is 419 g/mol. The van der Waals surface area contributed by atoms with Gasteiger partial charge in [-0.3, -0.25) is 14.8 Å². The Morgan fingerprint density at radius 3 is 2.48 bits per heavy atom. The monoisotopic (exact) mass is 434 g/mol. The molecule has 1 heterocycles. The van der Waals surface area contributed by atoms with Crippen LogP contribution in [-0.2, 0) is 10.0 Å². The number of nitrogens with zero attached hydrogens (tertiary/aromatic N) is 2. The first kappa shape index (κ1) is 22.5. The highest BCUT2D eigenvalue weighted by Gasteiger charge is 2.14. The number of methoxy groups -OCH3 is 1. The number of benzene rings is 2. The summed E-state index contributed by atoms with van der Waals surface area (Å²) in [6, 6.07) is 9.10. The quantitative estimate of drug-likeness (QED) is 0.467. The minimum atomic E-state index is -3.41. The van der Waals surface area contributed by atoms with Crippen LogP contribution in [0.25, 0.3) is 22.4 Å². The molecular formula is C15H16Cl2N4O5S. The number of non-ortho nitro benzene ring substituents is 1. The van der Waals surface area contributed by atoms with E-state index >= 15 is 0 Å². The zero-order chi connectivity index (χ0) is 18.2. The molecule has 3 rings (SSSR count). The van der Waals surface area contributed by atoms with Crippen molar-refractivity contribution in [2.75, 3.05) is 18.1 Å². The molecule has 1 aromatic heterocycles. The summed E-state index contributed by atoms with van der Waals surface area (Å²) in [5.41, 5.74) is 2.00. The van der Waals surface area contributed by atoms with Crippen LogP contribution in [0.5, 0.6) is 5.75 Å². The third-order valence-corrected chi connectivity index (χ3v) is 4.04. The zero-order valence-electron chi connectivity index (χ0n) is 14.1. The molecule has 0 aliphatic heterocycles. The molecule has 0 atom stereocenters. The maximum atomic E-state index is 11.3. The summed E-state index contributed by atoms with van der Waals surface area (Å²) < 4.78 is 30.3. The van der Waals surface area contributed by atoms with Crippen LogP contribution < -0.4 is 9.46 Å². The number of nitro benzene ring substituents is 1. The summed E-state index contributed by atoms with van der Waals surface area (Å²) in [6.07, 6.45) is 1.06. The van der Waals surface area contributed by atoms with Crippen LogP contribution in [-0.4, -0.2) is 36.7 Å². The number of halogens is 2. The Kier molecular flexibility index (Phi) is 7.01. The molecule has 0 amide bonds. The summed E-state index contributed by atoms with van der Waals surface area (Å²) in [7, 11) is -1.95. The Morgan fingerprint density at radius 1 is 1.19 bits per heavy atom. The predicted molar refractivity (Wildman–Crippen MR) is 108 cm³/mol. The van der Waals surface area contributed by atoms with Gasteiger partial charge in [0.1, 0.15) is 11.6 Å². The van der Waals surface area contributed by atoms with E-state index in [-0.39, 0.29) is 30.5 Å². The number of fused-ring (bicyclic) bond motifs is 1. The molecule has 0 unspecified atom stereocenters. The molecule has 0 saturated heterocycles. The van der Waals surface area contributed by atoms with Crippen LogP contribution >= 0.6 is 24.8 Å². The van der Waals surface area contributed by atoms with E-state index in [0.29, 0.717) is 33.9 Å². The number of aromatic amines is 1. The van der Waals surface area contributed by atoms with Gasteiger partial charge < -0.3 is 9.72 Å². The van der Waals surface area contributed by atoms with Crippen molar-refractivity contribution in [3.63, 3.8) is 0 Å². The molecule has 3 aromatic rings. The molecule has 0 radical (unpaired) electrons. The van der Waals surface area contributed by atoms with Crippen LogP contribution in [0.4, 0.5) is 11.4 Å². The van der Waals surface area contributed by atoms with E-state index in [0.717, 1.165) is 6.26 Å². The number of ether oxygens (including phenoxy) is 1. The third-order valence-electron chi connectivity index (χ3n) is 3.44. The highest BCUT2D eigenvalue weighted by atomic mass is 35.5. The second-order valence-electron chi connectivity index (χ2n) is 5.33. The normalized spacial score (nSPS) is 10.6. The third kappa shape index (κ3) is 5.00. The average molecular weight is 435 g/mol. The summed E-state index contributed by atoms with van der Waals surface area (Å²) in [5, 5.41) is 10.9. The number of hydrogen-bond donors (Lipinski definition) is 2. The van der Waals surface area contributed by atoms with Crippen LogP contribution in [0.1, 0.15) is 0 Å². The van der Waals surface area contributed by atoms with Crippen LogP contribution in [0.2, 0.25) is 0 Å². The van der Waals surface area contributed by atoms with Gasteiger partial charge in [0.25, 0.3) is 5.69 Å². The smallest absolute Gasteiger partial charge is 0.271 e. The fraction of sp³-hybridized carbons (Fsp3) is 0.133. The molecule has 2 N–H and O–H groups in total. The van der Waals surface area contributed by atoms with Crippen molar-refractivity contribution >= 4 is 57.2 Å². The molecule has 9 nitrogen and oxygen atoms in total. The first-order chi connectivity index (χ1) is 11.8. The van der Waals surface area contributed by atoms with Gasteiger partial charge >= 0.3 is 0 Å². The maximum absolute atomic E-state index is 11.3. The molecule has 146 valence electrons. The summed E-state index contributed by atoms with van der Waals surface area (Å²) in [5.74, 6) is 0.862. The van der Waals surface area contributed by atoms with Crippen molar-refractivity contribution in [1.82, 2.24) is 9.97 Å². The average Bonchev–Trinajstić information content (AvgIpc) is 2.95. The summed E-state index contributed by atoms with van der Waals surface area (Å²) >= 11 is 0. The molecule has 0 aliphatic rings. The lowest BCUT2D eigenvalue weighted by molar-refractivity contribution is -0.384. The number of imidazole rings is 1. The van der Waals surface area contributed by atoms with Crippen molar-refractivity contribution in [3.8, 4) is 17.1 Å². The summed E-state index contributed by atoms with van der Waals surface area (Å²) in [6.45, 7) is 0. The molecule has 27 heavy (non-hydrogen) atoms. The van der Waals surface area contributed by atoms with Gasteiger partial charge in [0.15, 0.2) is 0 Å². The Hall–Kier alpha value is -2.56. The van der Waals surface area contributed by atoms with Gasteiger partial charge in [0.05, 0.1) is 40.6 Å². The number of nitro groups is 1. The highest BCUT2D eigenvalue weighted by molar-refractivity contribution is 7.92. The van der Waals surface area contributed by atoms with E-state index in [1.54, 1.807) is 18.2 Å². The Morgan fingerprint density at radius 2 is 1.89 bits per heavy atom. The van der Waals surface area contributed by atoms with Gasteiger partial charge in [-0.2, -0.15) is 0 Å². The van der Waals surface area contributed by atoms with Gasteiger partial charge in [0, 0.05) is 18.2 Å². The van der Waals surface area contributed by atoms with Crippen molar-refractivity contribution in [2.24, 2.45) is 0 Å². The first-order valence-electron chi connectivity index (χ1n) is 7.07. The largest absolute Gasteiger partial charge is 0.496 e. The zero-order valence-corrected chi connectivity index (χ0v) is 16.6. The highest BCUT2D eigenvalue weighted by Crippen LogP contribution is 2.32. The SMILES string of the molecule is COc1cc(NS(C)(=O)=O)ccc1-c1nc2ccc([N+](=O)[O-])cc2[nH]1.Cl.Cl. The predicted octanol–water partition coefficient (Wildman–Crippen LogP) is 3.36. The fourth-order valence-electron chi connectivity index (χ4n) is 2.40. The van der Waals surface area contributed by atoms with Crippen molar-refractivity contribution < 1.29 is 18.1 Å². The molecule has 2 aromatic carbocycles. The number of anilines is 1. The van der Waals surface area contributed by atoms with Gasteiger partial charge in [-0.15, -0.1) is 24.8 Å². The molecule has 0 bridgehead atoms. The number of nitrogens with one attached hydrogen (secondary N) is 2. The van der Waals surface area contributed by atoms with Crippen molar-refractivity contribution in [3.05, 3.63) is 46.5 Å². The summed E-state index contributed by atoms with van der Waals surface area (Å²) in [4.78, 5) is 17.8. The van der Waals surface area contributed by atoms with Crippen molar-refractivity contribution in [2.45, 2.75) is 0 Å². The molecule has 0 aliphatic carbocycles. The Labute approximate surface area is 167 Å². The topological polar surface area (TPSA) is 127 Å². The fourth-order valence-corrected chi connectivity index (χ4v) is 2.96. The molecule has 0 saturated carbocycles. The van der Waals surface area contributed by atoms with E-state index in [1.807, 2.05) is 0 Å². The lowest BCUT2D eigenvalue weighted by atomic mass is 10.1. The molecule has 0 fully saturated rings. The second-order valence-corrected chi connectivity index (χ2v) is 7.08.